The summed E-state index contributed by atoms with van der Waals surface area (Å²) >= 11 is 0. The van der Waals surface area contributed by atoms with Crippen LogP contribution in [0.1, 0.15) is 43.2 Å². The maximum absolute atomic E-state index is 6.09. The molecule has 0 radical (unpaired) electrons. The van der Waals surface area contributed by atoms with Crippen molar-refractivity contribution < 1.29 is 9.47 Å². The third kappa shape index (κ3) is 5.52. The number of likely N-dealkylation sites (tertiary alicyclic amines) is 2. The second-order valence-corrected chi connectivity index (χ2v) is 8.36. The van der Waals surface area contributed by atoms with E-state index in [2.05, 4.69) is 34.1 Å². The minimum atomic E-state index is 0.557. The fourth-order valence-corrected chi connectivity index (χ4v) is 4.65. The first-order valence-electron chi connectivity index (χ1n) is 11.1. The highest BCUT2D eigenvalue weighted by Gasteiger charge is 2.25. The third-order valence-electron chi connectivity index (χ3n) is 6.34. The molecule has 2 aromatic rings. The zero-order chi connectivity index (χ0) is 19.9. The van der Waals surface area contributed by atoms with Gasteiger partial charge in [-0.2, -0.15) is 0 Å². The van der Waals surface area contributed by atoms with E-state index in [1.807, 2.05) is 24.3 Å². The van der Waals surface area contributed by atoms with Crippen LogP contribution >= 0.6 is 0 Å². The van der Waals surface area contributed by atoms with Crippen LogP contribution in [0.4, 0.5) is 0 Å². The van der Waals surface area contributed by atoms with E-state index >= 15 is 0 Å². The first-order chi connectivity index (χ1) is 14.3. The Kier molecular flexibility index (Phi) is 7.07. The molecule has 4 nitrogen and oxygen atoms in total. The van der Waals surface area contributed by atoms with Crippen molar-refractivity contribution in [2.75, 3.05) is 33.3 Å². The van der Waals surface area contributed by atoms with Gasteiger partial charge in [-0.3, -0.25) is 4.90 Å². The summed E-state index contributed by atoms with van der Waals surface area (Å²) in [5.41, 5.74) is 2.46. The molecule has 0 atom stereocenters. The average Bonchev–Trinajstić information content (AvgIpc) is 2.80. The number of hydrogen-bond acceptors (Lipinski definition) is 4. The van der Waals surface area contributed by atoms with Crippen molar-refractivity contribution >= 4 is 0 Å². The van der Waals surface area contributed by atoms with Crippen LogP contribution in [0.2, 0.25) is 0 Å². The summed E-state index contributed by atoms with van der Waals surface area (Å²) in [4.78, 5) is 5.33. The van der Waals surface area contributed by atoms with Gasteiger partial charge in [0.1, 0.15) is 6.61 Å². The van der Waals surface area contributed by atoms with E-state index in [1.165, 1.54) is 69.4 Å². The molecular formula is C25H34N2O2. The molecule has 0 N–H and O–H groups in total. The van der Waals surface area contributed by atoms with Crippen LogP contribution in [0.5, 0.6) is 11.5 Å². The summed E-state index contributed by atoms with van der Waals surface area (Å²) in [6.07, 6.45) is 6.79. The van der Waals surface area contributed by atoms with Gasteiger partial charge >= 0.3 is 0 Å². The lowest BCUT2D eigenvalue weighted by atomic mass is 9.99. The largest absolute Gasteiger partial charge is 0.493 e. The van der Waals surface area contributed by atoms with Crippen molar-refractivity contribution in [1.29, 1.82) is 0 Å². The summed E-state index contributed by atoms with van der Waals surface area (Å²) in [7, 11) is 1.70. The molecule has 0 amide bonds. The summed E-state index contributed by atoms with van der Waals surface area (Å²) in [5, 5.41) is 0. The zero-order valence-corrected chi connectivity index (χ0v) is 17.7. The number of benzene rings is 2. The minimum Gasteiger partial charge on any atom is -0.493 e. The highest BCUT2D eigenvalue weighted by molar-refractivity contribution is 5.43. The van der Waals surface area contributed by atoms with Gasteiger partial charge in [0.15, 0.2) is 11.5 Å². The maximum Gasteiger partial charge on any atom is 0.161 e. The van der Waals surface area contributed by atoms with Crippen molar-refractivity contribution in [1.82, 2.24) is 9.80 Å². The molecule has 0 aromatic heterocycles. The fourth-order valence-electron chi connectivity index (χ4n) is 4.65. The number of ether oxygens (including phenoxy) is 2. The van der Waals surface area contributed by atoms with Crippen LogP contribution in [-0.4, -0.2) is 49.1 Å². The molecule has 4 heteroatoms. The van der Waals surface area contributed by atoms with E-state index in [1.54, 1.807) is 7.11 Å². The topological polar surface area (TPSA) is 24.9 Å². The van der Waals surface area contributed by atoms with Gasteiger partial charge in [-0.1, -0.05) is 42.8 Å². The summed E-state index contributed by atoms with van der Waals surface area (Å²) < 4.78 is 11.6. The second kappa shape index (κ2) is 10.1. The molecule has 2 aliphatic rings. The zero-order valence-electron chi connectivity index (χ0n) is 17.7. The second-order valence-electron chi connectivity index (χ2n) is 8.36. The van der Waals surface area contributed by atoms with Gasteiger partial charge in [0, 0.05) is 12.6 Å². The van der Waals surface area contributed by atoms with Gasteiger partial charge in [0.05, 0.1) is 7.11 Å². The maximum atomic E-state index is 6.09. The minimum absolute atomic E-state index is 0.557. The third-order valence-corrected chi connectivity index (χ3v) is 6.34. The number of nitrogens with zero attached hydrogens (tertiary/aromatic N) is 2. The molecule has 4 rings (SSSR count). The Balaban J connectivity index is 1.33. The fraction of sp³-hybridized carbons (Fsp3) is 0.520. The Morgan fingerprint density at radius 2 is 1.59 bits per heavy atom. The molecule has 0 bridgehead atoms. The molecule has 0 spiro atoms. The lowest BCUT2D eigenvalue weighted by Crippen LogP contribution is -2.46. The van der Waals surface area contributed by atoms with Crippen LogP contribution in [0.15, 0.2) is 48.5 Å². The molecular weight excluding hydrogens is 360 g/mol. The van der Waals surface area contributed by atoms with Crippen LogP contribution < -0.4 is 9.47 Å². The Hall–Kier alpha value is -2.04. The van der Waals surface area contributed by atoms with Crippen LogP contribution in [-0.2, 0) is 13.2 Å². The van der Waals surface area contributed by atoms with E-state index < -0.39 is 0 Å². The molecule has 29 heavy (non-hydrogen) atoms. The summed E-state index contributed by atoms with van der Waals surface area (Å²) in [6, 6.07) is 17.4. The van der Waals surface area contributed by atoms with Gasteiger partial charge in [-0.25, -0.2) is 0 Å². The highest BCUT2D eigenvalue weighted by Crippen LogP contribution is 2.30. The summed E-state index contributed by atoms with van der Waals surface area (Å²) in [6.45, 7) is 6.54. The Morgan fingerprint density at radius 3 is 2.31 bits per heavy atom. The van der Waals surface area contributed by atoms with Crippen LogP contribution in [0.3, 0.4) is 0 Å². The molecule has 0 saturated carbocycles. The van der Waals surface area contributed by atoms with E-state index in [0.29, 0.717) is 6.61 Å². The quantitative estimate of drug-likeness (QED) is 0.678. The molecule has 156 valence electrons. The van der Waals surface area contributed by atoms with E-state index in [4.69, 9.17) is 9.47 Å². The van der Waals surface area contributed by atoms with Gasteiger partial charge in [-0.15, -0.1) is 0 Å². The SMILES string of the molecule is COc1ccc(CN2CCC(N3CCCCC3)CC2)cc1OCc1ccccc1. The smallest absolute Gasteiger partial charge is 0.161 e. The molecule has 2 saturated heterocycles. The Labute approximate surface area is 175 Å². The van der Waals surface area contributed by atoms with Crippen molar-refractivity contribution in [2.45, 2.75) is 51.3 Å². The molecule has 2 heterocycles. The molecule has 0 aliphatic carbocycles. The average molecular weight is 395 g/mol. The molecule has 2 aromatic carbocycles. The van der Waals surface area contributed by atoms with Crippen molar-refractivity contribution in [3.63, 3.8) is 0 Å². The first kappa shape index (κ1) is 20.2. The van der Waals surface area contributed by atoms with Crippen molar-refractivity contribution in [2.24, 2.45) is 0 Å². The van der Waals surface area contributed by atoms with Crippen LogP contribution in [0.25, 0.3) is 0 Å². The monoisotopic (exact) mass is 394 g/mol. The molecule has 0 unspecified atom stereocenters. The van der Waals surface area contributed by atoms with E-state index in [0.717, 1.165) is 24.1 Å². The highest BCUT2D eigenvalue weighted by atomic mass is 16.5. The first-order valence-corrected chi connectivity index (χ1v) is 11.1. The normalized spacial score (nSPS) is 19.2. The molecule has 2 aliphatic heterocycles. The predicted molar refractivity (Wildman–Crippen MR) is 117 cm³/mol. The van der Waals surface area contributed by atoms with Gasteiger partial charge in [-0.05, 0) is 75.1 Å². The standard InChI is InChI=1S/C25H34N2O2/c1-28-24-11-10-22(18-25(24)29-20-21-8-4-2-5-9-21)19-26-16-12-23(13-17-26)27-14-6-3-7-15-27/h2,4-5,8-11,18,23H,3,6-7,12-17,19-20H2,1H3. The number of methoxy groups -OCH3 is 1. The lowest BCUT2D eigenvalue weighted by molar-refractivity contribution is 0.0896. The van der Waals surface area contributed by atoms with Gasteiger partial charge in [0.25, 0.3) is 0 Å². The van der Waals surface area contributed by atoms with E-state index in [-0.39, 0.29) is 0 Å². The van der Waals surface area contributed by atoms with Crippen molar-refractivity contribution in [3.8, 4) is 11.5 Å². The molecule has 2 fully saturated rings. The Morgan fingerprint density at radius 1 is 0.828 bits per heavy atom. The van der Waals surface area contributed by atoms with Crippen molar-refractivity contribution in [3.05, 3.63) is 59.7 Å². The summed E-state index contributed by atoms with van der Waals surface area (Å²) in [5.74, 6) is 1.63. The number of rotatable bonds is 7. The number of piperidine rings is 2. The van der Waals surface area contributed by atoms with E-state index in [9.17, 15) is 0 Å². The Bertz CT molecular complexity index is 751. The number of hydrogen-bond donors (Lipinski definition) is 0. The van der Waals surface area contributed by atoms with Gasteiger partial charge in [0.2, 0.25) is 0 Å². The van der Waals surface area contributed by atoms with Gasteiger partial charge < -0.3 is 14.4 Å². The van der Waals surface area contributed by atoms with Crippen LogP contribution in [0, 0.1) is 0 Å². The lowest BCUT2D eigenvalue weighted by Gasteiger charge is -2.40. The predicted octanol–water partition coefficient (Wildman–Crippen LogP) is 4.72.